The number of ether oxygens (including phenoxy) is 1. The minimum absolute atomic E-state index is 0.145. The van der Waals surface area contributed by atoms with Crippen molar-refractivity contribution in [2.75, 3.05) is 18.4 Å². The van der Waals surface area contributed by atoms with Crippen LogP contribution in [0.5, 0.6) is 0 Å². The van der Waals surface area contributed by atoms with Gasteiger partial charge in [0.25, 0.3) is 0 Å². The summed E-state index contributed by atoms with van der Waals surface area (Å²) in [6, 6.07) is 4.94. The Morgan fingerprint density at radius 2 is 2.09 bits per heavy atom. The lowest BCUT2D eigenvalue weighted by atomic mass is 10.2. The SMILES string of the molecule is CC(C)(C)OC(=O)NCCCNc1ccc(C#N)c(Br)c1F. The van der Waals surface area contributed by atoms with Gasteiger partial charge in [0.05, 0.1) is 15.7 Å². The smallest absolute Gasteiger partial charge is 0.407 e. The summed E-state index contributed by atoms with van der Waals surface area (Å²) in [7, 11) is 0. The van der Waals surface area contributed by atoms with Gasteiger partial charge in [0.15, 0.2) is 5.82 Å². The van der Waals surface area contributed by atoms with E-state index in [-0.39, 0.29) is 10.0 Å². The molecule has 0 radical (unpaired) electrons. The molecule has 0 aliphatic carbocycles. The van der Waals surface area contributed by atoms with E-state index < -0.39 is 17.5 Å². The summed E-state index contributed by atoms with van der Waals surface area (Å²) in [5, 5.41) is 14.3. The Labute approximate surface area is 138 Å². The molecule has 7 heteroatoms. The molecule has 0 bridgehead atoms. The maximum absolute atomic E-state index is 13.9. The van der Waals surface area contributed by atoms with Gasteiger partial charge in [0, 0.05) is 13.1 Å². The first-order chi connectivity index (χ1) is 10.2. The predicted octanol–water partition coefficient (Wildman–Crippen LogP) is 3.79. The number of carbonyl (C=O) groups is 1. The van der Waals surface area contributed by atoms with Crippen LogP contribution in [-0.4, -0.2) is 24.8 Å². The number of hydrogen-bond donors (Lipinski definition) is 2. The molecule has 22 heavy (non-hydrogen) atoms. The van der Waals surface area contributed by atoms with Crippen molar-refractivity contribution in [2.24, 2.45) is 0 Å². The monoisotopic (exact) mass is 371 g/mol. The van der Waals surface area contributed by atoms with Crippen molar-refractivity contribution in [2.45, 2.75) is 32.8 Å². The van der Waals surface area contributed by atoms with Gasteiger partial charge in [-0.15, -0.1) is 0 Å². The number of nitrogens with one attached hydrogen (secondary N) is 2. The van der Waals surface area contributed by atoms with E-state index in [1.807, 2.05) is 6.07 Å². The van der Waals surface area contributed by atoms with Crippen molar-refractivity contribution in [3.63, 3.8) is 0 Å². The van der Waals surface area contributed by atoms with Gasteiger partial charge in [-0.05, 0) is 55.3 Å². The molecule has 0 atom stereocenters. The molecule has 1 amide bonds. The van der Waals surface area contributed by atoms with Crippen LogP contribution < -0.4 is 10.6 Å². The van der Waals surface area contributed by atoms with Gasteiger partial charge in [0.1, 0.15) is 11.7 Å². The Kier molecular flexibility index (Phi) is 6.62. The number of benzene rings is 1. The maximum atomic E-state index is 13.9. The minimum atomic E-state index is -0.528. The molecule has 0 saturated carbocycles. The van der Waals surface area contributed by atoms with Crippen LogP contribution in [0.25, 0.3) is 0 Å². The maximum Gasteiger partial charge on any atom is 0.407 e. The lowest BCUT2D eigenvalue weighted by Gasteiger charge is -2.19. The fourth-order valence-electron chi connectivity index (χ4n) is 1.59. The molecule has 5 nitrogen and oxygen atoms in total. The van der Waals surface area contributed by atoms with Gasteiger partial charge >= 0.3 is 6.09 Å². The Morgan fingerprint density at radius 3 is 2.68 bits per heavy atom. The van der Waals surface area contributed by atoms with E-state index in [0.29, 0.717) is 25.2 Å². The van der Waals surface area contributed by atoms with E-state index >= 15 is 0 Å². The van der Waals surface area contributed by atoms with Gasteiger partial charge in [-0.3, -0.25) is 0 Å². The van der Waals surface area contributed by atoms with Gasteiger partial charge in [0.2, 0.25) is 0 Å². The van der Waals surface area contributed by atoms with E-state index in [1.165, 1.54) is 12.1 Å². The summed E-state index contributed by atoms with van der Waals surface area (Å²) in [5.74, 6) is -0.501. The van der Waals surface area contributed by atoms with Gasteiger partial charge in [-0.25, -0.2) is 9.18 Å². The first-order valence-electron chi connectivity index (χ1n) is 6.83. The summed E-state index contributed by atoms with van der Waals surface area (Å²) < 4.78 is 19.2. The summed E-state index contributed by atoms with van der Waals surface area (Å²) >= 11 is 3.05. The van der Waals surface area contributed by atoms with Crippen molar-refractivity contribution in [1.29, 1.82) is 5.26 Å². The van der Waals surface area contributed by atoms with Crippen LogP contribution in [0.3, 0.4) is 0 Å². The quantitative estimate of drug-likeness (QED) is 0.772. The van der Waals surface area contributed by atoms with Gasteiger partial charge in [-0.2, -0.15) is 5.26 Å². The third kappa shape index (κ3) is 5.90. The minimum Gasteiger partial charge on any atom is -0.444 e. The van der Waals surface area contributed by atoms with Gasteiger partial charge in [-0.1, -0.05) is 0 Å². The third-order valence-electron chi connectivity index (χ3n) is 2.54. The Bertz CT molecular complexity index is 579. The zero-order valence-electron chi connectivity index (χ0n) is 12.8. The molecule has 1 aromatic rings. The second-order valence-electron chi connectivity index (χ2n) is 5.61. The lowest BCUT2D eigenvalue weighted by molar-refractivity contribution is 0.0528. The molecule has 0 aliphatic heterocycles. The van der Waals surface area contributed by atoms with Crippen molar-refractivity contribution < 1.29 is 13.9 Å². The average molecular weight is 372 g/mol. The molecule has 1 aromatic carbocycles. The number of halogens is 2. The average Bonchev–Trinajstić information content (AvgIpc) is 2.41. The van der Waals surface area contributed by atoms with E-state index in [1.54, 1.807) is 20.8 Å². The highest BCUT2D eigenvalue weighted by Gasteiger charge is 2.15. The predicted molar refractivity (Wildman–Crippen MR) is 86.2 cm³/mol. The van der Waals surface area contributed by atoms with Crippen LogP contribution in [0.1, 0.15) is 32.8 Å². The van der Waals surface area contributed by atoms with Crippen LogP contribution in [0, 0.1) is 17.1 Å². The number of alkyl carbamates (subject to hydrolysis) is 1. The topological polar surface area (TPSA) is 74.2 Å². The molecule has 0 saturated heterocycles. The number of nitriles is 1. The molecule has 2 N–H and O–H groups in total. The molecule has 1 rings (SSSR count). The summed E-state index contributed by atoms with van der Waals surface area (Å²) in [6.45, 7) is 6.27. The highest BCUT2D eigenvalue weighted by Crippen LogP contribution is 2.26. The highest BCUT2D eigenvalue weighted by atomic mass is 79.9. The lowest BCUT2D eigenvalue weighted by Crippen LogP contribution is -2.33. The first-order valence-corrected chi connectivity index (χ1v) is 7.62. The fraction of sp³-hybridized carbons (Fsp3) is 0.467. The number of anilines is 1. The zero-order valence-corrected chi connectivity index (χ0v) is 14.4. The van der Waals surface area contributed by atoms with Crippen molar-refractivity contribution in [3.05, 3.63) is 28.0 Å². The Balaban J connectivity index is 2.36. The molecule has 0 fully saturated rings. The normalized spacial score (nSPS) is 10.7. The molecule has 0 heterocycles. The first kappa shape index (κ1) is 18.2. The van der Waals surface area contributed by atoms with Crippen LogP contribution >= 0.6 is 15.9 Å². The number of rotatable bonds is 5. The van der Waals surface area contributed by atoms with Gasteiger partial charge < -0.3 is 15.4 Å². The van der Waals surface area contributed by atoms with Crippen LogP contribution in [0.15, 0.2) is 16.6 Å². The third-order valence-corrected chi connectivity index (χ3v) is 3.32. The summed E-state index contributed by atoms with van der Waals surface area (Å²) in [4.78, 5) is 11.4. The molecular weight excluding hydrogens is 353 g/mol. The molecule has 0 unspecified atom stereocenters. The standard InChI is InChI=1S/C15H19BrFN3O2/c1-15(2,3)22-14(21)20-8-4-7-19-11-6-5-10(9-18)12(16)13(11)17/h5-6,19H,4,7-8H2,1-3H3,(H,20,21). The molecule has 0 spiro atoms. The number of nitrogens with zero attached hydrogens (tertiary/aromatic N) is 1. The van der Waals surface area contributed by atoms with Crippen molar-refractivity contribution in [3.8, 4) is 6.07 Å². The summed E-state index contributed by atoms with van der Waals surface area (Å²) in [6.07, 6.45) is 0.135. The number of amides is 1. The fourth-order valence-corrected chi connectivity index (χ4v) is 2.02. The molecule has 0 aliphatic rings. The Morgan fingerprint density at radius 1 is 1.41 bits per heavy atom. The van der Waals surface area contributed by atoms with Crippen molar-refractivity contribution in [1.82, 2.24) is 5.32 Å². The number of carbonyl (C=O) groups excluding carboxylic acids is 1. The highest BCUT2D eigenvalue weighted by molar-refractivity contribution is 9.10. The Hall–Kier alpha value is -1.81. The van der Waals surface area contributed by atoms with Crippen LogP contribution in [-0.2, 0) is 4.74 Å². The zero-order chi connectivity index (χ0) is 16.8. The molecule has 120 valence electrons. The second-order valence-corrected chi connectivity index (χ2v) is 6.40. The van der Waals surface area contributed by atoms with E-state index in [0.717, 1.165) is 0 Å². The molecular formula is C15H19BrFN3O2. The van der Waals surface area contributed by atoms with Crippen molar-refractivity contribution >= 4 is 27.7 Å². The molecule has 0 aromatic heterocycles. The second kappa shape index (κ2) is 7.99. The number of hydrogen-bond acceptors (Lipinski definition) is 4. The van der Waals surface area contributed by atoms with Crippen LogP contribution in [0.2, 0.25) is 0 Å². The van der Waals surface area contributed by atoms with E-state index in [9.17, 15) is 9.18 Å². The van der Waals surface area contributed by atoms with Crippen LogP contribution in [0.4, 0.5) is 14.9 Å². The largest absolute Gasteiger partial charge is 0.444 e. The summed E-state index contributed by atoms with van der Waals surface area (Å²) in [5.41, 5.74) is 0.0260. The van der Waals surface area contributed by atoms with E-state index in [2.05, 4.69) is 26.6 Å². The van der Waals surface area contributed by atoms with E-state index in [4.69, 9.17) is 10.00 Å².